The number of ether oxygens (including phenoxy) is 1. The zero-order valence-electron chi connectivity index (χ0n) is 14.5. The van der Waals surface area contributed by atoms with Crippen molar-refractivity contribution in [3.63, 3.8) is 0 Å². The Balaban J connectivity index is 1.77. The molecule has 130 valence electrons. The molecule has 0 saturated carbocycles. The van der Waals surface area contributed by atoms with Gasteiger partial charge in [-0.05, 0) is 53.1 Å². The molecule has 6 heteroatoms. The smallest absolute Gasteiger partial charge is 0.233 e. The number of nitrogens with zero attached hydrogens (tertiary/aromatic N) is 2. The van der Waals surface area contributed by atoms with E-state index in [9.17, 15) is 0 Å². The lowest BCUT2D eigenvalue weighted by Gasteiger charge is -2.06. The first-order valence-corrected chi connectivity index (χ1v) is 8.12. The highest BCUT2D eigenvalue weighted by molar-refractivity contribution is 5.98. The van der Waals surface area contributed by atoms with Crippen LogP contribution in [-0.4, -0.2) is 17.1 Å². The van der Waals surface area contributed by atoms with Gasteiger partial charge in [-0.15, -0.1) is 0 Å². The number of nitrogens with two attached hydrogens (primary N) is 2. The van der Waals surface area contributed by atoms with Crippen LogP contribution in [0.4, 0.5) is 11.8 Å². The van der Waals surface area contributed by atoms with Crippen molar-refractivity contribution in [3.05, 3.63) is 53.8 Å². The summed E-state index contributed by atoms with van der Waals surface area (Å²) in [7, 11) is 1.67. The summed E-state index contributed by atoms with van der Waals surface area (Å²) in [5, 5.41) is 2.94. The van der Waals surface area contributed by atoms with E-state index in [1.807, 2.05) is 31.2 Å². The minimum Gasteiger partial charge on any atom is -0.497 e. The maximum absolute atomic E-state index is 5.99. The highest BCUT2D eigenvalue weighted by Gasteiger charge is 2.12. The fraction of sp³-hybridized carbons (Fsp3) is 0.100. The zero-order valence-corrected chi connectivity index (χ0v) is 14.5. The van der Waals surface area contributed by atoms with E-state index in [4.69, 9.17) is 20.6 Å². The maximum Gasteiger partial charge on any atom is 0.233 e. The molecular weight excluding hydrogens is 328 g/mol. The Bertz CT molecular complexity index is 1160. The highest BCUT2D eigenvalue weighted by Crippen LogP contribution is 2.30. The Morgan fingerprint density at radius 2 is 1.85 bits per heavy atom. The summed E-state index contributed by atoms with van der Waals surface area (Å²) in [4.78, 5) is 8.09. The first-order valence-electron chi connectivity index (χ1n) is 8.12. The van der Waals surface area contributed by atoms with Crippen molar-refractivity contribution < 1.29 is 9.15 Å². The van der Waals surface area contributed by atoms with Crippen LogP contribution in [0.3, 0.4) is 0 Å². The Morgan fingerprint density at radius 3 is 2.65 bits per heavy atom. The van der Waals surface area contributed by atoms with Gasteiger partial charge in [0.2, 0.25) is 11.7 Å². The maximum atomic E-state index is 5.99. The van der Waals surface area contributed by atoms with Gasteiger partial charge in [0.05, 0.1) is 12.5 Å². The average molecular weight is 346 g/mol. The first-order chi connectivity index (χ1) is 12.5. The van der Waals surface area contributed by atoms with E-state index in [0.29, 0.717) is 16.9 Å². The van der Waals surface area contributed by atoms with Crippen LogP contribution < -0.4 is 16.2 Å². The molecule has 0 aliphatic heterocycles. The standard InChI is InChI=1S/C20H18N4O2/c1-11(7-15-10-26-19-17(15)18(21)23-20(22)24-19)12-3-4-14-9-16(25-2)6-5-13(14)8-12/h3-10H,1-2H3,(H4,21,22,23,24)/b11-7-. The number of aromatic nitrogens is 2. The van der Waals surface area contributed by atoms with Crippen molar-refractivity contribution >= 4 is 45.3 Å². The largest absolute Gasteiger partial charge is 0.497 e. The molecule has 0 unspecified atom stereocenters. The molecule has 0 aliphatic carbocycles. The average Bonchev–Trinajstić information content (AvgIpc) is 3.03. The second kappa shape index (κ2) is 6.07. The van der Waals surface area contributed by atoms with Crippen molar-refractivity contribution in [3.8, 4) is 5.75 Å². The molecule has 0 saturated heterocycles. The number of hydrogen-bond donors (Lipinski definition) is 2. The van der Waals surface area contributed by atoms with Crippen LogP contribution in [-0.2, 0) is 0 Å². The molecule has 26 heavy (non-hydrogen) atoms. The van der Waals surface area contributed by atoms with Gasteiger partial charge in [-0.1, -0.05) is 18.2 Å². The number of hydrogen-bond acceptors (Lipinski definition) is 6. The number of fused-ring (bicyclic) bond motifs is 2. The molecular formula is C20H18N4O2. The van der Waals surface area contributed by atoms with Crippen molar-refractivity contribution in [1.82, 2.24) is 9.97 Å². The molecule has 2 heterocycles. The predicted molar refractivity (Wildman–Crippen MR) is 105 cm³/mol. The van der Waals surface area contributed by atoms with Crippen molar-refractivity contribution in [2.45, 2.75) is 6.92 Å². The lowest BCUT2D eigenvalue weighted by atomic mass is 10.0. The lowest BCUT2D eigenvalue weighted by molar-refractivity contribution is 0.415. The van der Waals surface area contributed by atoms with Crippen LogP contribution in [0.25, 0.3) is 33.5 Å². The van der Waals surface area contributed by atoms with Crippen LogP contribution in [0.15, 0.2) is 47.1 Å². The van der Waals surface area contributed by atoms with Gasteiger partial charge in [-0.3, -0.25) is 0 Å². The molecule has 2 aromatic heterocycles. The molecule has 0 spiro atoms. The summed E-state index contributed by atoms with van der Waals surface area (Å²) in [5.74, 6) is 1.25. The topological polar surface area (TPSA) is 100 Å². The van der Waals surface area contributed by atoms with Crippen LogP contribution in [0.5, 0.6) is 5.75 Å². The van der Waals surface area contributed by atoms with Gasteiger partial charge in [0.1, 0.15) is 17.8 Å². The van der Waals surface area contributed by atoms with Gasteiger partial charge in [-0.25, -0.2) is 0 Å². The molecule has 0 radical (unpaired) electrons. The van der Waals surface area contributed by atoms with E-state index in [-0.39, 0.29) is 5.95 Å². The zero-order chi connectivity index (χ0) is 18.3. The van der Waals surface area contributed by atoms with E-state index in [1.54, 1.807) is 13.4 Å². The molecule has 0 amide bonds. The van der Waals surface area contributed by atoms with Gasteiger partial charge in [0, 0.05) is 5.56 Å². The molecule has 0 bridgehead atoms. The molecule has 0 fully saturated rings. The van der Waals surface area contributed by atoms with E-state index in [2.05, 4.69) is 28.2 Å². The third-order valence-corrected chi connectivity index (χ3v) is 4.38. The molecule has 2 aromatic carbocycles. The minimum atomic E-state index is 0.0987. The van der Waals surface area contributed by atoms with E-state index < -0.39 is 0 Å². The van der Waals surface area contributed by atoms with Gasteiger partial charge in [0.15, 0.2) is 0 Å². The Hall–Kier alpha value is -3.54. The fourth-order valence-corrected chi connectivity index (χ4v) is 3.03. The van der Waals surface area contributed by atoms with Crippen molar-refractivity contribution in [2.75, 3.05) is 18.6 Å². The van der Waals surface area contributed by atoms with Crippen molar-refractivity contribution in [2.24, 2.45) is 0 Å². The van der Waals surface area contributed by atoms with Gasteiger partial charge in [0.25, 0.3) is 0 Å². The molecule has 0 atom stereocenters. The van der Waals surface area contributed by atoms with E-state index in [0.717, 1.165) is 33.2 Å². The summed E-state index contributed by atoms with van der Waals surface area (Å²) in [6, 6.07) is 12.3. The number of nitrogen functional groups attached to an aromatic ring is 2. The van der Waals surface area contributed by atoms with Crippen LogP contribution in [0.2, 0.25) is 0 Å². The monoisotopic (exact) mass is 346 g/mol. The normalized spacial score (nSPS) is 12.0. The molecule has 6 nitrogen and oxygen atoms in total. The number of rotatable bonds is 3. The van der Waals surface area contributed by atoms with Gasteiger partial charge < -0.3 is 20.6 Å². The Labute approximate surface area is 150 Å². The third kappa shape index (κ3) is 2.71. The quantitative estimate of drug-likeness (QED) is 0.579. The Kier molecular flexibility index (Phi) is 3.73. The van der Waals surface area contributed by atoms with Crippen LogP contribution in [0, 0.1) is 0 Å². The van der Waals surface area contributed by atoms with E-state index in [1.165, 1.54) is 0 Å². The number of furan rings is 1. The highest BCUT2D eigenvalue weighted by atomic mass is 16.5. The number of benzene rings is 2. The summed E-state index contributed by atoms with van der Waals surface area (Å²) < 4.78 is 10.7. The van der Waals surface area contributed by atoms with Crippen LogP contribution >= 0.6 is 0 Å². The molecule has 4 aromatic rings. The fourth-order valence-electron chi connectivity index (χ4n) is 3.03. The number of methoxy groups -OCH3 is 1. The second-order valence-electron chi connectivity index (χ2n) is 6.09. The summed E-state index contributed by atoms with van der Waals surface area (Å²) in [6.07, 6.45) is 3.62. The van der Waals surface area contributed by atoms with Crippen LogP contribution in [0.1, 0.15) is 18.1 Å². The molecule has 4 rings (SSSR count). The second-order valence-corrected chi connectivity index (χ2v) is 6.09. The predicted octanol–water partition coefficient (Wildman–Crippen LogP) is 4.11. The van der Waals surface area contributed by atoms with Crippen molar-refractivity contribution in [1.29, 1.82) is 0 Å². The Morgan fingerprint density at radius 1 is 1.08 bits per heavy atom. The summed E-state index contributed by atoms with van der Waals surface area (Å²) in [5.41, 5.74) is 15.0. The molecule has 4 N–H and O–H groups in total. The van der Waals surface area contributed by atoms with Gasteiger partial charge in [-0.2, -0.15) is 9.97 Å². The summed E-state index contributed by atoms with van der Waals surface area (Å²) in [6.45, 7) is 2.04. The number of anilines is 2. The van der Waals surface area contributed by atoms with E-state index >= 15 is 0 Å². The van der Waals surface area contributed by atoms with Gasteiger partial charge >= 0.3 is 0 Å². The lowest BCUT2D eigenvalue weighted by Crippen LogP contribution is -1.99. The third-order valence-electron chi connectivity index (χ3n) is 4.38. The molecule has 0 aliphatic rings. The summed E-state index contributed by atoms with van der Waals surface area (Å²) >= 11 is 0. The number of allylic oxidation sites excluding steroid dienone is 1. The first kappa shape index (κ1) is 16.0. The minimum absolute atomic E-state index is 0.0987. The SMILES string of the molecule is COc1ccc2cc(/C(C)=C\c3coc4nc(N)nc(N)c34)ccc2c1.